The molecule has 1 atom stereocenters. The van der Waals surface area contributed by atoms with E-state index in [2.05, 4.69) is 29.7 Å². The molecule has 0 saturated carbocycles. The molecular weight excluding hydrogens is 283 g/mol. The van der Waals surface area contributed by atoms with E-state index in [1.807, 2.05) is 18.2 Å². The molecule has 0 spiro atoms. The molecule has 0 saturated heterocycles. The van der Waals surface area contributed by atoms with Crippen LogP contribution in [0.3, 0.4) is 0 Å². The molecule has 0 aliphatic carbocycles. The maximum absolute atomic E-state index is 12.8. The fourth-order valence-electron chi connectivity index (χ4n) is 2.04. The van der Waals surface area contributed by atoms with Crippen LogP contribution in [0, 0.1) is 5.82 Å². The molecule has 0 heterocycles. The van der Waals surface area contributed by atoms with Crippen LogP contribution in [0.5, 0.6) is 0 Å². The lowest BCUT2D eigenvalue weighted by atomic mass is 10.1. The molecule has 21 heavy (non-hydrogen) atoms. The molecule has 0 radical (unpaired) electrons. The second kappa shape index (κ2) is 7.74. The monoisotopic (exact) mass is 302 g/mol. The molecule has 2 rings (SSSR count). The van der Waals surface area contributed by atoms with E-state index < -0.39 is 0 Å². The third-order valence-electron chi connectivity index (χ3n) is 3.26. The Balaban J connectivity index is 1.73. The number of rotatable bonds is 5. The van der Waals surface area contributed by atoms with Crippen molar-refractivity contribution >= 4 is 17.3 Å². The minimum absolute atomic E-state index is 0.164. The van der Waals surface area contributed by atoms with E-state index in [1.165, 1.54) is 17.7 Å². The molecule has 2 aromatic carbocycles. The van der Waals surface area contributed by atoms with Crippen molar-refractivity contribution in [3.8, 4) is 0 Å². The van der Waals surface area contributed by atoms with Gasteiger partial charge in [0.15, 0.2) is 5.11 Å². The fraction of sp³-hybridized carbons (Fsp3) is 0.235. The van der Waals surface area contributed by atoms with Gasteiger partial charge in [0.25, 0.3) is 0 Å². The largest absolute Gasteiger partial charge is 0.362 e. The van der Waals surface area contributed by atoms with E-state index in [9.17, 15) is 4.39 Å². The molecule has 0 bridgehead atoms. The highest BCUT2D eigenvalue weighted by atomic mass is 32.1. The summed E-state index contributed by atoms with van der Waals surface area (Å²) in [4.78, 5) is 0. The first-order valence-electron chi connectivity index (χ1n) is 6.99. The van der Waals surface area contributed by atoms with Crippen molar-refractivity contribution in [3.05, 3.63) is 71.5 Å². The lowest BCUT2D eigenvalue weighted by Gasteiger charge is -2.17. The molecule has 0 amide bonds. The van der Waals surface area contributed by atoms with Gasteiger partial charge in [-0.15, -0.1) is 0 Å². The molecule has 0 aromatic heterocycles. The van der Waals surface area contributed by atoms with E-state index in [0.29, 0.717) is 5.11 Å². The topological polar surface area (TPSA) is 24.1 Å². The molecule has 2 aromatic rings. The molecule has 0 unspecified atom stereocenters. The predicted molar refractivity (Wildman–Crippen MR) is 88.7 cm³/mol. The number of hydrogen-bond acceptors (Lipinski definition) is 1. The Kier molecular flexibility index (Phi) is 5.69. The zero-order valence-electron chi connectivity index (χ0n) is 12.0. The van der Waals surface area contributed by atoms with Crippen LogP contribution in [-0.2, 0) is 6.42 Å². The molecule has 0 aliphatic heterocycles. The summed E-state index contributed by atoms with van der Waals surface area (Å²) in [6, 6.07) is 16.9. The van der Waals surface area contributed by atoms with Crippen molar-refractivity contribution in [2.75, 3.05) is 6.54 Å². The van der Waals surface area contributed by atoms with Crippen LogP contribution >= 0.6 is 12.2 Å². The number of benzene rings is 2. The summed E-state index contributed by atoms with van der Waals surface area (Å²) in [5.74, 6) is -0.208. The Hall–Kier alpha value is -1.94. The zero-order valence-corrected chi connectivity index (χ0v) is 12.8. The minimum Gasteiger partial charge on any atom is -0.362 e. The second-order valence-corrected chi connectivity index (χ2v) is 5.32. The Bertz CT molecular complexity index is 569. The van der Waals surface area contributed by atoms with Crippen molar-refractivity contribution in [3.63, 3.8) is 0 Å². The second-order valence-electron chi connectivity index (χ2n) is 4.91. The summed E-state index contributed by atoms with van der Waals surface area (Å²) < 4.78 is 12.8. The minimum atomic E-state index is -0.208. The van der Waals surface area contributed by atoms with E-state index in [4.69, 9.17) is 12.2 Å². The summed E-state index contributed by atoms with van der Waals surface area (Å²) in [5.41, 5.74) is 2.28. The first-order valence-corrected chi connectivity index (χ1v) is 7.40. The summed E-state index contributed by atoms with van der Waals surface area (Å²) in [6.07, 6.45) is 0.807. The number of halogens is 1. The molecule has 0 fully saturated rings. The third-order valence-corrected chi connectivity index (χ3v) is 3.52. The lowest BCUT2D eigenvalue weighted by molar-refractivity contribution is 0.626. The van der Waals surface area contributed by atoms with Crippen LogP contribution in [0.4, 0.5) is 4.39 Å². The third kappa shape index (κ3) is 5.16. The van der Waals surface area contributed by atoms with E-state index >= 15 is 0 Å². The Morgan fingerprint density at radius 1 is 1.10 bits per heavy atom. The van der Waals surface area contributed by atoms with Crippen LogP contribution in [0.2, 0.25) is 0 Å². The number of hydrogen-bond donors (Lipinski definition) is 2. The van der Waals surface area contributed by atoms with Crippen LogP contribution in [0.15, 0.2) is 54.6 Å². The summed E-state index contributed by atoms with van der Waals surface area (Å²) in [7, 11) is 0. The highest BCUT2D eigenvalue weighted by Gasteiger charge is 2.05. The average molecular weight is 302 g/mol. The van der Waals surface area contributed by atoms with Gasteiger partial charge in [-0.3, -0.25) is 0 Å². The van der Waals surface area contributed by atoms with Gasteiger partial charge in [0.1, 0.15) is 5.82 Å². The van der Waals surface area contributed by atoms with Crippen molar-refractivity contribution in [1.82, 2.24) is 10.6 Å². The summed E-state index contributed by atoms with van der Waals surface area (Å²) in [5, 5.41) is 7.06. The van der Waals surface area contributed by atoms with Crippen molar-refractivity contribution in [2.24, 2.45) is 0 Å². The van der Waals surface area contributed by atoms with E-state index in [-0.39, 0.29) is 11.9 Å². The van der Waals surface area contributed by atoms with Gasteiger partial charge < -0.3 is 10.6 Å². The predicted octanol–water partition coefficient (Wildman–Crippen LogP) is 3.59. The Morgan fingerprint density at radius 3 is 2.43 bits per heavy atom. The molecule has 0 aliphatic rings. The molecule has 4 heteroatoms. The fourth-order valence-corrected chi connectivity index (χ4v) is 2.32. The van der Waals surface area contributed by atoms with Gasteiger partial charge in [0.05, 0.1) is 6.04 Å². The van der Waals surface area contributed by atoms with Crippen LogP contribution in [-0.4, -0.2) is 11.7 Å². The number of thiocarbonyl (C=S) groups is 1. The number of nitrogens with one attached hydrogen (secondary N) is 2. The lowest BCUT2D eigenvalue weighted by Crippen LogP contribution is -2.37. The van der Waals surface area contributed by atoms with Gasteiger partial charge >= 0.3 is 0 Å². The smallest absolute Gasteiger partial charge is 0.166 e. The van der Waals surface area contributed by atoms with Gasteiger partial charge in [0, 0.05) is 6.54 Å². The molecular formula is C17H19FN2S. The standard InChI is InChI=1S/C17H19FN2S/c1-13(15-5-3-2-4-6-15)20-17(21)19-12-11-14-7-9-16(18)10-8-14/h2-10,13H,11-12H2,1H3,(H2,19,20,21)/t13-/m1/s1. The summed E-state index contributed by atoms with van der Waals surface area (Å²) >= 11 is 5.28. The van der Waals surface area contributed by atoms with Crippen LogP contribution in [0.1, 0.15) is 24.1 Å². The van der Waals surface area contributed by atoms with Gasteiger partial charge in [0.2, 0.25) is 0 Å². The molecule has 110 valence electrons. The van der Waals surface area contributed by atoms with Gasteiger partial charge in [-0.25, -0.2) is 4.39 Å². The highest BCUT2D eigenvalue weighted by molar-refractivity contribution is 7.80. The van der Waals surface area contributed by atoms with Gasteiger partial charge in [-0.1, -0.05) is 42.5 Å². The van der Waals surface area contributed by atoms with Gasteiger partial charge in [-0.05, 0) is 48.8 Å². The average Bonchev–Trinajstić information content (AvgIpc) is 2.50. The quantitative estimate of drug-likeness (QED) is 0.825. The SMILES string of the molecule is C[C@@H](NC(=S)NCCc1ccc(F)cc1)c1ccccc1. The maximum atomic E-state index is 12.8. The first kappa shape index (κ1) is 15.4. The summed E-state index contributed by atoms with van der Waals surface area (Å²) in [6.45, 7) is 2.79. The Morgan fingerprint density at radius 2 is 1.76 bits per heavy atom. The zero-order chi connectivity index (χ0) is 15.1. The van der Waals surface area contributed by atoms with E-state index in [0.717, 1.165) is 18.5 Å². The molecule has 2 N–H and O–H groups in total. The van der Waals surface area contributed by atoms with Crippen LogP contribution in [0.25, 0.3) is 0 Å². The van der Waals surface area contributed by atoms with Crippen LogP contribution < -0.4 is 10.6 Å². The van der Waals surface area contributed by atoms with E-state index in [1.54, 1.807) is 12.1 Å². The molecule has 2 nitrogen and oxygen atoms in total. The first-order chi connectivity index (χ1) is 10.1. The van der Waals surface area contributed by atoms with Crippen molar-refractivity contribution < 1.29 is 4.39 Å². The van der Waals surface area contributed by atoms with Gasteiger partial charge in [-0.2, -0.15) is 0 Å². The normalized spacial score (nSPS) is 11.7. The highest BCUT2D eigenvalue weighted by Crippen LogP contribution is 2.10. The maximum Gasteiger partial charge on any atom is 0.166 e. The Labute approximate surface area is 130 Å². The van der Waals surface area contributed by atoms with Crippen molar-refractivity contribution in [1.29, 1.82) is 0 Å². The van der Waals surface area contributed by atoms with Crippen molar-refractivity contribution in [2.45, 2.75) is 19.4 Å².